The third-order valence-electron chi connectivity index (χ3n) is 3.22. The topological polar surface area (TPSA) is 50.1 Å². The Kier molecular flexibility index (Phi) is 4.58. The molecule has 1 aromatic heterocycles. The molecule has 0 aliphatic heterocycles. The molecule has 2 rings (SSSR count). The van der Waals surface area contributed by atoms with Crippen LogP contribution in [0.5, 0.6) is 5.75 Å². The molecule has 0 saturated heterocycles. The van der Waals surface area contributed by atoms with Crippen LogP contribution in [0.2, 0.25) is 0 Å². The summed E-state index contributed by atoms with van der Waals surface area (Å²) in [7, 11) is 0. The van der Waals surface area contributed by atoms with Crippen molar-refractivity contribution in [3.8, 4) is 5.75 Å². The number of nitrogens with one attached hydrogen (secondary N) is 1. The molecule has 0 saturated carbocycles. The zero-order valence-electron chi connectivity index (χ0n) is 11.5. The second kappa shape index (κ2) is 6.38. The molecule has 1 unspecified atom stereocenters. The smallest absolute Gasteiger partial charge is 0.120 e. The van der Waals surface area contributed by atoms with Gasteiger partial charge < -0.3 is 10.4 Å². The fraction of sp³-hybridized carbons (Fsp3) is 0.400. The fourth-order valence-corrected chi connectivity index (χ4v) is 2.12. The second-order valence-electron chi connectivity index (χ2n) is 4.86. The van der Waals surface area contributed by atoms with Crippen LogP contribution >= 0.6 is 0 Å². The number of benzene rings is 1. The number of phenolic OH excluding ortho intramolecular Hbond substituents is 1. The van der Waals surface area contributed by atoms with Crippen LogP contribution in [0.15, 0.2) is 36.7 Å². The highest BCUT2D eigenvalue weighted by molar-refractivity contribution is 5.37. The molecule has 1 atom stereocenters. The normalized spacial score (nSPS) is 12.5. The predicted octanol–water partition coefficient (Wildman–Crippen LogP) is 2.64. The van der Waals surface area contributed by atoms with Crippen molar-refractivity contribution >= 4 is 0 Å². The molecule has 0 radical (unpaired) electrons. The molecule has 0 aliphatic rings. The molecule has 2 aromatic rings. The lowest BCUT2D eigenvalue weighted by molar-refractivity contribution is 0.447. The minimum absolute atomic E-state index is 0.150. The largest absolute Gasteiger partial charge is 0.508 e. The van der Waals surface area contributed by atoms with E-state index in [2.05, 4.69) is 17.3 Å². The highest BCUT2D eigenvalue weighted by Gasteiger charge is 2.09. The Balaban J connectivity index is 1.80. The minimum Gasteiger partial charge on any atom is -0.508 e. The Hall–Kier alpha value is -1.81. The van der Waals surface area contributed by atoms with E-state index in [0.29, 0.717) is 5.75 Å². The van der Waals surface area contributed by atoms with E-state index in [9.17, 15) is 5.11 Å². The minimum atomic E-state index is 0.150. The van der Waals surface area contributed by atoms with Crippen LogP contribution in [-0.2, 0) is 6.54 Å². The number of aryl methyl sites for hydroxylation is 2. The molecule has 102 valence electrons. The van der Waals surface area contributed by atoms with Crippen LogP contribution in [0.1, 0.15) is 30.5 Å². The number of hydrogen-bond acceptors (Lipinski definition) is 3. The molecule has 0 bridgehead atoms. The Labute approximate surface area is 114 Å². The summed E-state index contributed by atoms with van der Waals surface area (Å²) in [6.45, 7) is 5.91. The van der Waals surface area contributed by atoms with Gasteiger partial charge in [0.2, 0.25) is 0 Å². The number of aromatic nitrogens is 2. The lowest BCUT2D eigenvalue weighted by Crippen LogP contribution is -2.21. The van der Waals surface area contributed by atoms with E-state index in [1.807, 2.05) is 36.0 Å². The number of nitrogens with zero attached hydrogens (tertiary/aromatic N) is 2. The Bertz CT molecular complexity index is 508. The summed E-state index contributed by atoms with van der Waals surface area (Å²) < 4.78 is 1.93. The fourth-order valence-electron chi connectivity index (χ4n) is 2.12. The first-order valence-corrected chi connectivity index (χ1v) is 6.67. The molecule has 19 heavy (non-hydrogen) atoms. The van der Waals surface area contributed by atoms with Crippen LogP contribution < -0.4 is 5.32 Å². The summed E-state index contributed by atoms with van der Waals surface area (Å²) in [5.41, 5.74) is 2.12. The Morgan fingerprint density at radius 2 is 2.26 bits per heavy atom. The average molecular weight is 259 g/mol. The van der Waals surface area contributed by atoms with Gasteiger partial charge in [0.25, 0.3) is 0 Å². The second-order valence-corrected chi connectivity index (χ2v) is 4.86. The molecule has 0 aliphatic carbocycles. The van der Waals surface area contributed by atoms with Crippen LogP contribution in [-0.4, -0.2) is 21.4 Å². The molecular formula is C15H21N3O. The SMILES string of the molecule is Cc1ccc(O)c(C(C)NCCCn2cccn2)c1. The predicted molar refractivity (Wildman–Crippen MR) is 76.1 cm³/mol. The van der Waals surface area contributed by atoms with Gasteiger partial charge in [0, 0.05) is 30.5 Å². The number of rotatable bonds is 6. The molecule has 0 fully saturated rings. The monoisotopic (exact) mass is 259 g/mol. The molecule has 0 spiro atoms. The third kappa shape index (κ3) is 3.83. The van der Waals surface area contributed by atoms with Gasteiger partial charge in [-0.1, -0.05) is 17.7 Å². The van der Waals surface area contributed by atoms with Gasteiger partial charge in [0.1, 0.15) is 5.75 Å². The number of aromatic hydroxyl groups is 1. The van der Waals surface area contributed by atoms with Crippen molar-refractivity contribution in [2.24, 2.45) is 0 Å². The van der Waals surface area contributed by atoms with E-state index < -0.39 is 0 Å². The van der Waals surface area contributed by atoms with Crippen LogP contribution in [0, 0.1) is 6.92 Å². The summed E-state index contributed by atoms with van der Waals surface area (Å²) in [5.74, 6) is 0.359. The van der Waals surface area contributed by atoms with Gasteiger partial charge in [-0.2, -0.15) is 5.10 Å². The van der Waals surface area contributed by atoms with Crippen LogP contribution in [0.4, 0.5) is 0 Å². The Morgan fingerprint density at radius 1 is 1.42 bits per heavy atom. The first kappa shape index (κ1) is 13.6. The first-order chi connectivity index (χ1) is 9.16. The van der Waals surface area contributed by atoms with Gasteiger partial charge in [-0.15, -0.1) is 0 Å². The van der Waals surface area contributed by atoms with Gasteiger partial charge in [0.05, 0.1) is 0 Å². The maximum absolute atomic E-state index is 9.86. The molecular weight excluding hydrogens is 238 g/mol. The van der Waals surface area contributed by atoms with Gasteiger partial charge >= 0.3 is 0 Å². The molecule has 4 nitrogen and oxygen atoms in total. The van der Waals surface area contributed by atoms with Gasteiger partial charge in [-0.05, 0) is 38.9 Å². The maximum atomic E-state index is 9.86. The summed E-state index contributed by atoms with van der Waals surface area (Å²) >= 11 is 0. The molecule has 1 aromatic carbocycles. The highest BCUT2D eigenvalue weighted by Crippen LogP contribution is 2.24. The van der Waals surface area contributed by atoms with Crippen LogP contribution in [0.25, 0.3) is 0 Å². The van der Waals surface area contributed by atoms with E-state index in [0.717, 1.165) is 30.6 Å². The third-order valence-corrected chi connectivity index (χ3v) is 3.22. The van der Waals surface area contributed by atoms with E-state index in [1.165, 1.54) is 0 Å². The maximum Gasteiger partial charge on any atom is 0.120 e. The van der Waals surface area contributed by atoms with Crippen molar-refractivity contribution in [2.45, 2.75) is 32.9 Å². The van der Waals surface area contributed by atoms with Gasteiger partial charge in [-0.3, -0.25) is 4.68 Å². The van der Waals surface area contributed by atoms with E-state index in [-0.39, 0.29) is 6.04 Å². The number of phenols is 1. The zero-order valence-corrected chi connectivity index (χ0v) is 11.5. The van der Waals surface area contributed by atoms with E-state index >= 15 is 0 Å². The van der Waals surface area contributed by atoms with Crippen molar-refractivity contribution < 1.29 is 5.11 Å². The lowest BCUT2D eigenvalue weighted by Gasteiger charge is -2.16. The van der Waals surface area contributed by atoms with Gasteiger partial charge in [0.15, 0.2) is 0 Å². The molecule has 0 amide bonds. The Morgan fingerprint density at radius 3 is 3.00 bits per heavy atom. The quantitative estimate of drug-likeness (QED) is 0.784. The van der Waals surface area contributed by atoms with E-state index in [1.54, 1.807) is 12.3 Å². The van der Waals surface area contributed by atoms with Crippen molar-refractivity contribution in [1.29, 1.82) is 0 Å². The lowest BCUT2D eigenvalue weighted by atomic mass is 10.0. The highest BCUT2D eigenvalue weighted by atomic mass is 16.3. The number of hydrogen-bond donors (Lipinski definition) is 2. The van der Waals surface area contributed by atoms with Gasteiger partial charge in [-0.25, -0.2) is 0 Å². The first-order valence-electron chi connectivity index (χ1n) is 6.67. The van der Waals surface area contributed by atoms with Crippen molar-refractivity contribution in [3.63, 3.8) is 0 Å². The standard InChI is InChI=1S/C15H21N3O/c1-12-5-6-15(19)14(11-12)13(2)16-7-3-9-18-10-4-8-17-18/h4-6,8,10-11,13,16,19H,3,7,9H2,1-2H3. The molecule has 1 heterocycles. The summed E-state index contributed by atoms with van der Waals surface area (Å²) in [4.78, 5) is 0. The summed E-state index contributed by atoms with van der Waals surface area (Å²) in [6, 6.07) is 7.79. The summed E-state index contributed by atoms with van der Waals surface area (Å²) in [5, 5.41) is 17.5. The summed E-state index contributed by atoms with van der Waals surface area (Å²) in [6.07, 6.45) is 4.77. The molecule has 2 N–H and O–H groups in total. The van der Waals surface area contributed by atoms with Crippen molar-refractivity contribution in [3.05, 3.63) is 47.8 Å². The van der Waals surface area contributed by atoms with Crippen LogP contribution in [0.3, 0.4) is 0 Å². The zero-order chi connectivity index (χ0) is 13.7. The van der Waals surface area contributed by atoms with Crippen molar-refractivity contribution in [2.75, 3.05) is 6.54 Å². The average Bonchev–Trinajstić information content (AvgIpc) is 2.90. The van der Waals surface area contributed by atoms with Crippen molar-refractivity contribution in [1.82, 2.24) is 15.1 Å². The molecule has 4 heteroatoms. The van der Waals surface area contributed by atoms with E-state index in [4.69, 9.17) is 0 Å².